The lowest BCUT2D eigenvalue weighted by molar-refractivity contribution is -0.122. The number of ketones is 2. The van der Waals surface area contributed by atoms with E-state index in [1.807, 2.05) is 30.4 Å². The van der Waals surface area contributed by atoms with Crippen LogP contribution in [0.2, 0.25) is 0 Å². The van der Waals surface area contributed by atoms with Gasteiger partial charge < -0.3 is 9.47 Å². The van der Waals surface area contributed by atoms with E-state index in [0.717, 1.165) is 11.1 Å². The summed E-state index contributed by atoms with van der Waals surface area (Å²) >= 11 is 0. The van der Waals surface area contributed by atoms with Crippen molar-refractivity contribution in [2.24, 2.45) is 11.8 Å². The summed E-state index contributed by atoms with van der Waals surface area (Å²) in [6, 6.07) is 12.0. The zero-order valence-electron chi connectivity index (χ0n) is 15.8. The lowest BCUT2D eigenvalue weighted by atomic mass is 9.81. The molecule has 1 saturated carbocycles. The third-order valence-electron chi connectivity index (χ3n) is 5.62. The van der Waals surface area contributed by atoms with Crippen LogP contribution in [0, 0.1) is 11.8 Å². The maximum atomic E-state index is 12.3. The van der Waals surface area contributed by atoms with E-state index in [1.54, 1.807) is 24.3 Å². The van der Waals surface area contributed by atoms with Gasteiger partial charge in [-0.3, -0.25) is 9.59 Å². The Morgan fingerprint density at radius 2 is 1.80 bits per heavy atom. The second kappa shape index (κ2) is 6.91. The Bertz CT molecular complexity index is 1190. The minimum Gasteiger partial charge on any atom is -0.456 e. The van der Waals surface area contributed by atoms with Crippen molar-refractivity contribution in [3.8, 4) is 11.5 Å². The first-order valence-electron chi connectivity index (χ1n) is 9.60. The molecule has 30 heavy (non-hydrogen) atoms. The Balaban J connectivity index is 1.40. The second-order valence-corrected chi connectivity index (χ2v) is 7.52. The van der Waals surface area contributed by atoms with Crippen LogP contribution in [0.15, 0.2) is 66.3 Å². The van der Waals surface area contributed by atoms with E-state index in [-0.39, 0.29) is 46.7 Å². The van der Waals surface area contributed by atoms with Crippen molar-refractivity contribution in [3.63, 3.8) is 0 Å². The molecule has 6 nitrogen and oxygen atoms in total. The third kappa shape index (κ3) is 2.97. The van der Waals surface area contributed by atoms with Crippen LogP contribution in [0.25, 0.3) is 0 Å². The number of carbonyl (C=O) groups excluding carboxylic acids is 4. The quantitative estimate of drug-likeness (QED) is 0.576. The van der Waals surface area contributed by atoms with Crippen LogP contribution < -0.4 is 4.74 Å². The highest BCUT2D eigenvalue weighted by molar-refractivity contribution is 6.16. The van der Waals surface area contributed by atoms with Gasteiger partial charge in [0.05, 0.1) is 17.9 Å². The van der Waals surface area contributed by atoms with Gasteiger partial charge in [0, 0.05) is 5.92 Å². The molecule has 0 aromatic heterocycles. The lowest BCUT2D eigenvalue weighted by Crippen LogP contribution is -2.21. The Kier molecular flexibility index (Phi) is 4.20. The van der Waals surface area contributed by atoms with Crippen LogP contribution in [0.5, 0.6) is 11.5 Å². The minimum absolute atomic E-state index is 0.00585. The first-order valence-corrected chi connectivity index (χ1v) is 9.60. The summed E-state index contributed by atoms with van der Waals surface area (Å²) in [7, 11) is 0. The molecule has 3 aliphatic rings. The predicted molar refractivity (Wildman–Crippen MR) is 105 cm³/mol. The minimum atomic E-state index is -0.726. The number of Topliss-reactive ketones (excluding diaryl/α,β-unsaturated/α-hetero) is 2. The fourth-order valence-corrected chi connectivity index (χ4v) is 4.28. The van der Waals surface area contributed by atoms with Gasteiger partial charge in [0.2, 0.25) is 0 Å². The van der Waals surface area contributed by atoms with E-state index in [4.69, 9.17) is 4.74 Å². The number of fused-ring (bicyclic) bond motifs is 2. The molecule has 5 rings (SSSR count). The van der Waals surface area contributed by atoms with Gasteiger partial charge in [0.15, 0.2) is 0 Å². The summed E-state index contributed by atoms with van der Waals surface area (Å²) in [6.45, 7) is 0. The molecule has 2 aliphatic carbocycles. The summed E-state index contributed by atoms with van der Waals surface area (Å²) in [5.41, 5.74) is 2.12. The van der Waals surface area contributed by atoms with E-state index in [2.05, 4.69) is 4.74 Å². The molecule has 1 fully saturated rings. The van der Waals surface area contributed by atoms with Gasteiger partial charge in [-0.15, -0.1) is 0 Å². The lowest BCUT2D eigenvalue weighted by Gasteiger charge is -2.21. The van der Waals surface area contributed by atoms with Crippen LogP contribution >= 0.6 is 0 Å². The van der Waals surface area contributed by atoms with Gasteiger partial charge in [-0.05, 0) is 36.2 Å². The molecule has 0 bridgehead atoms. The average molecular weight is 400 g/mol. The number of hydrogen-bond acceptors (Lipinski definition) is 6. The van der Waals surface area contributed by atoms with Crippen molar-refractivity contribution in [2.45, 2.75) is 12.8 Å². The van der Waals surface area contributed by atoms with Gasteiger partial charge in [-0.1, -0.05) is 42.0 Å². The number of carbonyl (C=O) groups is 4. The van der Waals surface area contributed by atoms with E-state index < -0.39 is 11.9 Å². The molecule has 0 amide bonds. The Labute approximate surface area is 171 Å². The van der Waals surface area contributed by atoms with Gasteiger partial charge in [0.25, 0.3) is 0 Å². The van der Waals surface area contributed by atoms with Crippen molar-refractivity contribution in [3.05, 3.63) is 83.0 Å². The first kappa shape index (κ1) is 18.2. The molecule has 2 atom stereocenters. The number of allylic oxidation sites excluding steroid dienone is 4. The third-order valence-corrected chi connectivity index (χ3v) is 5.62. The molecule has 2 aromatic carbocycles. The van der Waals surface area contributed by atoms with E-state index >= 15 is 0 Å². The van der Waals surface area contributed by atoms with Gasteiger partial charge in [-0.25, -0.2) is 9.59 Å². The van der Waals surface area contributed by atoms with E-state index in [0.29, 0.717) is 12.2 Å². The summed E-state index contributed by atoms with van der Waals surface area (Å²) in [4.78, 5) is 48.1. The Hall–Kier alpha value is -3.80. The molecule has 1 aliphatic heterocycles. The Morgan fingerprint density at radius 1 is 0.967 bits per heavy atom. The normalized spacial score (nSPS) is 21.9. The highest BCUT2D eigenvalue weighted by Gasteiger charge is 2.42. The van der Waals surface area contributed by atoms with Crippen molar-refractivity contribution < 1.29 is 28.7 Å². The number of cyclic esters (lactones) is 2. The van der Waals surface area contributed by atoms with Crippen LogP contribution in [0.1, 0.15) is 32.7 Å². The fourth-order valence-electron chi connectivity index (χ4n) is 4.28. The average Bonchev–Trinajstić information content (AvgIpc) is 3.19. The molecule has 1 heterocycles. The molecular formula is C24H16O6. The molecule has 148 valence electrons. The molecule has 0 saturated heterocycles. The van der Waals surface area contributed by atoms with Crippen LogP contribution in [0.3, 0.4) is 0 Å². The highest BCUT2D eigenvalue weighted by atomic mass is 16.6. The van der Waals surface area contributed by atoms with Crippen LogP contribution in [-0.4, -0.2) is 23.5 Å². The van der Waals surface area contributed by atoms with Crippen molar-refractivity contribution in [1.82, 2.24) is 0 Å². The van der Waals surface area contributed by atoms with E-state index in [9.17, 15) is 19.2 Å². The second-order valence-electron chi connectivity index (χ2n) is 7.52. The first-order chi connectivity index (χ1) is 14.5. The summed E-state index contributed by atoms with van der Waals surface area (Å²) in [6.07, 6.45) is 6.04. The molecular weight excluding hydrogens is 384 g/mol. The zero-order chi connectivity index (χ0) is 20.8. The number of esters is 2. The molecule has 2 unspecified atom stereocenters. The molecule has 2 aromatic rings. The summed E-state index contributed by atoms with van der Waals surface area (Å²) < 4.78 is 10.5. The van der Waals surface area contributed by atoms with Gasteiger partial charge in [-0.2, -0.15) is 0 Å². The monoisotopic (exact) mass is 400 g/mol. The van der Waals surface area contributed by atoms with Crippen LogP contribution in [-0.2, 0) is 20.7 Å². The number of ether oxygens (including phenoxy) is 2. The number of rotatable bonds is 4. The maximum Gasteiger partial charge on any atom is 0.350 e. The topological polar surface area (TPSA) is 86.7 Å². The number of hydrogen-bond donors (Lipinski definition) is 0. The standard InChI is InChI=1S/C24H16O6/c25-18-12-19(26)21-14(5-2-7-16(18)21)10-13-4-1-6-15(11-13)29-20-9-3-8-17-22(20)24(28)30-23(17)27/h1-9,11,16,21H,10,12H2. The molecule has 0 N–H and O–H groups in total. The molecule has 0 spiro atoms. The SMILES string of the molecule is O=C1OC(=O)c2c(Oc3cccc(CC4=CC=CC5C(=O)CC(=O)C45)c3)cccc21. The van der Waals surface area contributed by atoms with Crippen LogP contribution in [0.4, 0.5) is 0 Å². The Morgan fingerprint density at radius 3 is 2.67 bits per heavy atom. The van der Waals surface area contributed by atoms with Crippen molar-refractivity contribution in [1.29, 1.82) is 0 Å². The van der Waals surface area contributed by atoms with Gasteiger partial charge >= 0.3 is 11.9 Å². The van der Waals surface area contributed by atoms with E-state index in [1.165, 1.54) is 6.07 Å². The number of benzene rings is 2. The smallest absolute Gasteiger partial charge is 0.350 e. The summed E-state index contributed by atoms with van der Waals surface area (Å²) in [5.74, 6) is -1.47. The summed E-state index contributed by atoms with van der Waals surface area (Å²) in [5, 5.41) is 0. The molecule has 0 radical (unpaired) electrons. The fraction of sp³-hybridized carbons (Fsp3) is 0.167. The largest absolute Gasteiger partial charge is 0.456 e. The molecule has 6 heteroatoms. The predicted octanol–water partition coefficient (Wildman–Crippen LogP) is 3.60. The highest BCUT2D eigenvalue weighted by Crippen LogP contribution is 2.38. The van der Waals surface area contributed by atoms with Crippen molar-refractivity contribution >= 4 is 23.5 Å². The zero-order valence-corrected chi connectivity index (χ0v) is 15.8. The maximum absolute atomic E-state index is 12.3. The van der Waals surface area contributed by atoms with Gasteiger partial charge in [0.1, 0.15) is 28.6 Å². The van der Waals surface area contributed by atoms with Crippen molar-refractivity contribution in [2.75, 3.05) is 0 Å².